The maximum absolute atomic E-state index is 5.94. The Labute approximate surface area is 110 Å². The van der Waals surface area contributed by atoms with Crippen molar-refractivity contribution in [2.75, 3.05) is 5.73 Å². The van der Waals surface area contributed by atoms with E-state index in [0.29, 0.717) is 27.2 Å². The van der Waals surface area contributed by atoms with Crippen molar-refractivity contribution in [1.82, 2.24) is 0 Å². The van der Waals surface area contributed by atoms with Crippen LogP contribution >= 0.6 is 23.2 Å². The average Bonchev–Trinajstić information content (AvgIpc) is 2.29. The van der Waals surface area contributed by atoms with Crippen molar-refractivity contribution in [2.45, 2.75) is 6.92 Å². The number of hydrogen-bond donors (Lipinski definition) is 1. The Hall–Kier alpha value is -1.38. The summed E-state index contributed by atoms with van der Waals surface area (Å²) < 4.78 is 5.66. The van der Waals surface area contributed by atoms with Crippen molar-refractivity contribution in [1.29, 1.82) is 0 Å². The molecule has 0 amide bonds. The highest BCUT2D eigenvalue weighted by molar-refractivity contribution is 6.31. The van der Waals surface area contributed by atoms with Gasteiger partial charge in [-0.05, 0) is 42.8 Å². The number of nitrogen functional groups attached to an aromatic ring is 1. The normalized spacial score (nSPS) is 10.3. The molecule has 0 unspecified atom stereocenters. The summed E-state index contributed by atoms with van der Waals surface area (Å²) in [6, 6.07) is 10.5. The number of ether oxygens (including phenoxy) is 1. The molecule has 2 aromatic carbocycles. The van der Waals surface area contributed by atoms with E-state index >= 15 is 0 Å². The molecule has 0 radical (unpaired) electrons. The molecule has 2 nitrogen and oxygen atoms in total. The quantitative estimate of drug-likeness (QED) is 0.803. The molecule has 4 heteroatoms. The molecule has 0 heterocycles. The molecule has 88 valence electrons. The SMILES string of the molecule is Cc1cc(Oc2cc(Cl)ccc2N)ccc1Cl. The predicted molar refractivity (Wildman–Crippen MR) is 72.1 cm³/mol. The summed E-state index contributed by atoms with van der Waals surface area (Å²) in [5.74, 6) is 1.22. The maximum atomic E-state index is 5.94. The minimum Gasteiger partial charge on any atom is -0.455 e. The van der Waals surface area contributed by atoms with Gasteiger partial charge >= 0.3 is 0 Å². The zero-order valence-corrected chi connectivity index (χ0v) is 10.7. The lowest BCUT2D eigenvalue weighted by Crippen LogP contribution is -1.92. The van der Waals surface area contributed by atoms with Crippen LogP contribution in [0.1, 0.15) is 5.56 Å². The summed E-state index contributed by atoms with van der Waals surface area (Å²) in [7, 11) is 0. The first-order valence-corrected chi connectivity index (χ1v) is 5.81. The van der Waals surface area contributed by atoms with E-state index in [0.717, 1.165) is 5.56 Å². The molecular weight excluding hydrogens is 257 g/mol. The molecule has 0 fully saturated rings. The first-order valence-electron chi connectivity index (χ1n) is 5.05. The predicted octanol–water partition coefficient (Wildman–Crippen LogP) is 4.68. The fourth-order valence-electron chi connectivity index (χ4n) is 1.40. The molecule has 0 aliphatic carbocycles. The Morgan fingerprint density at radius 1 is 1.06 bits per heavy atom. The van der Waals surface area contributed by atoms with Crippen LogP contribution in [0.3, 0.4) is 0 Å². The molecule has 0 saturated carbocycles. The van der Waals surface area contributed by atoms with E-state index in [1.54, 1.807) is 30.3 Å². The van der Waals surface area contributed by atoms with E-state index in [4.69, 9.17) is 33.7 Å². The monoisotopic (exact) mass is 267 g/mol. The van der Waals surface area contributed by atoms with E-state index in [2.05, 4.69) is 0 Å². The van der Waals surface area contributed by atoms with E-state index in [-0.39, 0.29) is 0 Å². The minimum atomic E-state index is 0.541. The molecule has 0 saturated heterocycles. The van der Waals surface area contributed by atoms with Gasteiger partial charge in [-0.2, -0.15) is 0 Å². The van der Waals surface area contributed by atoms with Crippen LogP contribution in [0.5, 0.6) is 11.5 Å². The van der Waals surface area contributed by atoms with Crippen molar-refractivity contribution in [3.8, 4) is 11.5 Å². The third-order valence-corrected chi connectivity index (χ3v) is 2.99. The lowest BCUT2D eigenvalue weighted by Gasteiger charge is -2.09. The van der Waals surface area contributed by atoms with Crippen LogP contribution in [0.25, 0.3) is 0 Å². The summed E-state index contributed by atoms with van der Waals surface area (Å²) in [5, 5.41) is 1.29. The Morgan fingerprint density at radius 3 is 2.53 bits per heavy atom. The van der Waals surface area contributed by atoms with Gasteiger partial charge in [0.25, 0.3) is 0 Å². The Morgan fingerprint density at radius 2 is 1.82 bits per heavy atom. The van der Waals surface area contributed by atoms with Crippen LogP contribution in [0.4, 0.5) is 5.69 Å². The number of hydrogen-bond acceptors (Lipinski definition) is 2. The first-order chi connectivity index (χ1) is 8.06. The molecule has 0 bridgehead atoms. The number of rotatable bonds is 2. The molecule has 0 spiro atoms. The highest BCUT2D eigenvalue weighted by Gasteiger charge is 2.04. The first kappa shape index (κ1) is 12.1. The molecule has 17 heavy (non-hydrogen) atoms. The molecule has 0 aliphatic heterocycles. The van der Waals surface area contributed by atoms with E-state index in [1.165, 1.54) is 0 Å². The molecule has 2 N–H and O–H groups in total. The van der Waals surface area contributed by atoms with Gasteiger partial charge in [-0.3, -0.25) is 0 Å². The van der Waals surface area contributed by atoms with E-state index < -0.39 is 0 Å². The standard InChI is InChI=1S/C13H11Cl2NO/c1-8-6-10(3-4-11(8)15)17-13-7-9(14)2-5-12(13)16/h2-7H,16H2,1H3. The van der Waals surface area contributed by atoms with Crippen LogP contribution in [0.15, 0.2) is 36.4 Å². The van der Waals surface area contributed by atoms with Gasteiger partial charge in [-0.15, -0.1) is 0 Å². The maximum Gasteiger partial charge on any atom is 0.151 e. The second kappa shape index (κ2) is 4.86. The van der Waals surface area contributed by atoms with Gasteiger partial charge in [0.1, 0.15) is 5.75 Å². The van der Waals surface area contributed by atoms with Gasteiger partial charge < -0.3 is 10.5 Å². The molecule has 2 rings (SSSR count). The lowest BCUT2D eigenvalue weighted by molar-refractivity contribution is 0.485. The highest BCUT2D eigenvalue weighted by atomic mass is 35.5. The van der Waals surface area contributed by atoms with Gasteiger partial charge in [0.15, 0.2) is 5.75 Å². The number of anilines is 1. The average molecular weight is 268 g/mol. The second-order valence-corrected chi connectivity index (χ2v) is 4.54. The van der Waals surface area contributed by atoms with Crippen molar-refractivity contribution in [3.05, 3.63) is 52.0 Å². The molecule has 0 aliphatic rings. The van der Waals surface area contributed by atoms with Crippen LogP contribution in [-0.2, 0) is 0 Å². The largest absolute Gasteiger partial charge is 0.455 e. The van der Waals surface area contributed by atoms with Crippen molar-refractivity contribution < 1.29 is 4.74 Å². The van der Waals surface area contributed by atoms with Crippen molar-refractivity contribution in [2.24, 2.45) is 0 Å². The van der Waals surface area contributed by atoms with Gasteiger partial charge in [0.05, 0.1) is 5.69 Å². The summed E-state index contributed by atoms with van der Waals surface area (Å²) >= 11 is 11.8. The molecule has 2 aromatic rings. The molecule has 0 atom stereocenters. The van der Waals surface area contributed by atoms with Gasteiger partial charge in [0, 0.05) is 16.1 Å². The zero-order chi connectivity index (χ0) is 12.4. The van der Waals surface area contributed by atoms with Gasteiger partial charge in [-0.1, -0.05) is 23.2 Å². The number of halogens is 2. The minimum absolute atomic E-state index is 0.541. The van der Waals surface area contributed by atoms with Crippen LogP contribution in [0, 0.1) is 6.92 Å². The third-order valence-electron chi connectivity index (χ3n) is 2.33. The fraction of sp³-hybridized carbons (Fsp3) is 0.0769. The smallest absolute Gasteiger partial charge is 0.151 e. The summed E-state index contributed by atoms with van der Waals surface area (Å²) in [6.07, 6.45) is 0. The van der Waals surface area contributed by atoms with Gasteiger partial charge in [-0.25, -0.2) is 0 Å². The Bertz CT molecular complexity index is 555. The number of benzene rings is 2. The lowest BCUT2D eigenvalue weighted by atomic mass is 10.2. The molecule has 0 aromatic heterocycles. The zero-order valence-electron chi connectivity index (χ0n) is 9.21. The fourth-order valence-corrected chi connectivity index (χ4v) is 1.68. The third kappa shape index (κ3) is 2.84. The van der Waals surface area contributed by atoms with Crippen molar-refractivity contribution in [3.63, 3.8) is 0 Å². The van der Waals surface area contributed by atoms with Crippen molar-refractivity contribution >= 4 is 28.9 Å². The van der Waals surface area contributed by atoms with E-state index in [1.807, 2.05) is 13.0 Å². The topological polar surface area (TPSA) is 35.2 Å². The summed E-state index contributed by atoms with van der Waals surface area (Å²) in [4.78, 5) is 0. The summed E-state index contributed by atoms with van der Waals surface area (Å²) in [5.41, 5.74) is 7.29. The van der Waals surface area contributed by atoms with Crippen LogP contribution < -0.4 is 10.5 Å². The Kier molecular flexibility index (Phi) is 3.46. The number of aryl methyl sites for hydroxylation is 1. The Balaban J connectivity index is 2.31. The van der Waals surface area contributed by atoms with Gasteiger partial charge in [0.2, 0.25) is 0 Å². The van der Waals surface area contributed by atoms with Crippen LogP contribution in [-0.4, -0.2) is 0 Å². The highest BCUT2D eigenvalue weighted by Crippen LogP contribution is 2.31. The molecular formula is C13H11Cl2NO. The number of nitrogens with two attached hydrogens (primary N) is 1. The summed E-state index contributed by atoms with van der Waals surface area (Å²) in [6.45, 7) is 1.91. The second-order valence-electron chi connectivity index (χ2n) is 3.70. The van der Waals surface area contributed by atoms with E-state index in [9.17, 15) is 0 Å². The van der Waals surface area contributed by atoms with Crippen LogP contribution in [0.2, 0.25) is 10.0 Å².